The number of hydrogen-bond acceptors (Lipinski definition) is 8. The van der Waals surface area contributed by atoms with Crippen molar-refractivity contribution in [1.82, 2.24) is 25.0 Å². The molecule has 2 aromatic rings. The Hall–Kier alpha value is -2.95. The van der Waals surface area contributed by atoms with Gasteiger partial charge < -0.3 is 24.6 Å². The van der Waals surface area contributed by atoms with E-state index in [1.54, 1.807) is 12.3 Å². The predicted octanol–water partition coefficient (Wildman–Crippen LogP) is 0.669. The molecule has 10 nitrogen and oxygen atoms in total. The number of carbonyl (C=O) groups is 2. The third-order valence-corrected chi connectivity index (χ3v) is 7.88. The fourth-order valence-corrected chi connectivity index (χ4v) is 5.79. The average Bonchev–Trinajstić information content (AvgIpc) is 3.53. The highest BCUT2D eigenvalue weighted by Crippen LogP contribution is 2.29. The van der Waals surface area contributed by atoms with E-state index in [0.29, 0.717) is 38.4 Å². The van der Waals surface area contributed by atoms with Gasteiger partial charge in [-0.15, -0.1) is 0 Å². The number of likely N-dealkylation sites (tertiary alicyclic amines) is 1. The van der Waals surface area contributed by atoms with Crippen LogP contribution in [0.3, 0.4) is 0 Å². The molecule has 3 saturated heterocycles. The highest BCUT2D eigenvalue weighted by molar-refractivity contribution is 5.83. The van der Waals surface area contributed by atoms with Gasteiger partial charge in [-0.3, -0.25) is 19.4 Å². The number of anilines is 1. The van der Waals surface area contributed by atoms with Crippen molar-refractivity contribution in [3.8, 4) is 0 Å². The van der Waals surface area contributed by atoms with Crippen molar-refractivity contribution in [1.29, 1.82) is 0 Å². The second kappa shape index (κ2) is 11.0. The van der Waals surface area contributed by atoms with Crippen molar-refractivity contribution in [2.24, 2.45) is 0 Å². The monoisotopic (exact) mass is 496 g/mol. The molecule has 3 aliphatic heterocycles. The third kappa shape index (κ3) is 5.25. The molecule has 0 spiro atoms. The van der Waals surface area contributed by atoms with Gasteiger partial charge in [-0.1, -0.05) is 6.07 Å². The zero-order valence-electron chi connectivity index (χ0n) is 20.9. The molecule has 5 heterocycles. The van der Waals surface area contributed by atoms with Gasteiger partial charge in [-0.25, -0.2) is 4.98 Å². The van der Waals surface area contributed by atoms with E-state index in [1.165, 1.54) is 0 Å². The molecule has 2 amide bonds. The van der Waals surface area contributed by atoms with E-state index in [9.17, 15) is 14.7 Å². The highest BCUT2D eigenvalue weighted by Gasteiger charge is 2.45. The topological polar surface area (TPSA) is 105 Å². The highest BCUT2D eigenvalue weighted by atomic mass is 16.4. The second-order valence-corrected chi connectivity index (χ2v) is 9.96. The third-order valence-electron chi connectivity index (χ3n) is 7.88. The molecule has 194 valence electrons. The summed E-state index contributed by atoms with van der Waals surface area (Å²) in [5, 5.41) is 12.4. The lowest BCUT2D eigenvalue weighted by atomic mass is 10.0. The second-order valence-electron chi connectivity index (χ2n) is 9.96. The number of carbonyl (C=O) groups excluding carboxylic acids is 2. The smallest absolute Gasteiger partial charge is 0.239 e. The SMILES string of the molecule is CN1C(CCC(=O)N2CCN(c3ccccn3)CC2)CNC(=O)C2C1CCN2Cc1ccc(CO)o1. The number of piperazine rings is 1. The van der Waals surface area contributed by atoms with Crippen LogP contribution in [0.2, 0.25) is 0 Å². The number of aliphatic hydroxyl groups excluding tert-OH is 1. The van der Waals surface area contributed by atoms with Gasteiger partial charge >= 0.3 is 0 Å². The van der Waals surface area contributed by atoms with Crippen molar-refractivity contribution in [3.05, 3.63) is 48.0 Å². The van der Waals surface area contributed by atoms with Crippen LogP contribution in [0.15, 0.2) is 40.9 Å². The lowest BCUT2D eigenvalue weighted by Crippen LogP contribution is -2.50. The first-order valence-electron chi connectivity index (χ1n) is 12.9. The van der Waals surface area contributed by atoms with Crippen LogP contribution in [0.5, 0.6) is 0 Å². The molecule has 0 radical (unpaired) electrons. The molecular formula is C26H36N6O4. The molecule has 0 aliphatic carbocycles. The van der Waals surface area contributed by atoms with Crippen LogP contribution in [-0.4, -0.2) is 101 Å². The molecule has 3 fully saturated rings. The first-order chi connectivity index (χ1) is 17.5. The number of nitrogens with one attached hydrogen (secondary N) is 1. The summed E-state index contributed by atoms with van der Waals surface area (Å²) in [4.78, 5) is 39.1. The van der Waals surface area contributed by atoms with Gasteiger partial charge in [0.2, 0.25) is 11.8 Å². The molecule has 3 unspecified atom stereocenters. The van der Waals surface area contributed by atoms with Gasteiger partial charge in [0.1, 0.15) is 30.0 Å². The molecule has 0 saturated carbocycles. The Morgan fingerprint density at radius 2 is 1.94 bits per heavy atom. The van der Waals surface area contributed by atoms with E-state index in [0.717, 1.165) is 44.1 Å². The number of aliphatic hydroxyl groups is 1. The molecule has 2 N–H and O–H groups in total. The summed E-state index contributed by atoms with van der Waals surface area (Å²) in [6, 6.07) is 9.50. The van der Waals surface area contributed by atoms with Crippen LogP contribution >= 0.6 is 0 Å². The number of rotatable bonds is 7. The number of aromatic nitrogens is 1. The van der Waals surface area contributed by atoms with Crippen LogP contribution in [0, 0.1) is 0 Å². The Balaban J connectivity index is 1.14. The van der Waals surface area contributed by atoms with Gasteiger partial charge in [0.05, 0.1) is 6.54 Å². The Morgan fingerprint density at radius 3 is 2.67 bits per heavy atom. The summed E-state index contributed by atoms with van der Waals surface area (Å²) in [6.45, 7) is 4.75. The fraction of sp³-hybridized carbons (Fsp3) is 0.577. The molecule has 2 aromatic heterocycles. The first-order valence-corrected chi connectivity index (χ1v) is 12.9. The molecule has 10 heteroatoms. The van der Waals surface area contributed by atoms with Gasteiger partial charge in [0.15, 0.2) is 0 Å². The zero-order valence-corrected chi connectivity index (χ0v) is 20.9. The van der Waals surface area contributed by atoms with Gasteiger partial charge in [0.25, 0.3) is 0 Å². The summed E-state index contributed by atoms with van der Waals surface area (Å²) in [6.07, 6.45) is 3.89. The molecule has 0 aromatic carbocycles. The number of hydrogen-bond donors (Lipinski definition) is 2. The average molecular weight is 497 g/mol. The number of fused-ring (bicyclic) bond motifs is 1. The van der Waals surface area contributed by atoms with Crippen LogP contribution in [0.25, 0.3) is 0 Å². The minimum atomic E-state index is -0.252. The zero-order chi connectivity index (χ0) is 25.1. The van der Waals surface area contributed by atoms with E-state index in [1.807, 2.05) is 29.2 Å². The van der Waals surface area contributed by atoms with Crippen molar-refractivity contribution >= 4 is 17.6 Å². The first kappa shape index (κ1) is 24.7. The minimum Gasteiger partial charge on any atom is -0.462 e. The number of nitrogens with zero attached hydrogens (tertiary/aromatic N) is 5. The van der Waals surface area contributed by atoms with E-state index in [2.05, 4.69) is 32.0 Å². The van der Waals surface area contributed by atoms with Gasteiger partial charge in [-0.2, -0.15) is 0 Å². The van der Waals surface area contributed by atoms with E-state index in [4.69, 9.17) is 4.42 Å². The fourth-order valence-electron chi connectivity index (χ4n) is 5.79. The van der Waals surface area contributed by atoms with Crippen LogP contribution in [0.4, 0.5) is 5.82 Å². The number of likely N-dealkylation sites (N-methyl/N-ethyl adjacent to an activating group) is 1. The summed E-state index contributed by atoms with van der Waals surface area (Å²) in [5.41, 5.74) is 0. The van der Waals surface area contributed by atoms with Crippen LogP contribution in [0.1, 0.15) is 30.8 Å². The summed E-state index contributed by atoms with van der Waals surface area (Å²) in [5.74, 6) is 2.47. The van der Waals surface area contributed by atoms with Crippen LogP contribution < -0.4 is 10.2 Å². The molecule has 5 rings (SSSR count). The quantitative estimate of drug-likeness (QED) is 0.576. The maximum atomic E-state index is 13.0. The normalized spacial score (nSPS) is 25.5. The molecule has 3 aliphatic rings. The lowest BCUT2D eigenvalue weighted by Gasteiger charge is -2.36. The largest absolute Gasteiger partial charge is 0.462 e. The van der Waals surface area contributed by atoms with Crippen molar-refractivity contribution < 1.29 is 19.1 Å². The maximum Gasteiger partial charge on any atom is 0.239 e. The lowest BCUT2D eigenvalue weighted by molar-refractivity contribution is -0.132. The molecular weight excluding hydrogens is 460 g/mol. The number of furan rings is 1. The Labute approximate surface area is 211 Å². The van der Waals surface area contributed by atoms with Crippen LogP contribution in [-0.2, 0) is 22.7 Å². The summed E-state index contributed by atoms with van der Waals surface area (Å²) in [7, 11) is 2.08. The van der Waals surface area contributed by atoms with Gasteiger partial charge in [0, 0.05) is 64.0 Å². The maximum absolute atomic E-state index is 13.0. The van der Waals surface area contributed by atoms with E-state index >= 15 is 0 Å². The van der Waals surface area contributed by atoms with Crippen molar-refractivity contribution in [2.45, 2.75) is 50.5 Å². The van der Waals surface area contributed by atoms with Gasteiger partial charge in [-0.05, 0) is 44.2 Å². The Morgan fingerprint density at radius 1 is 1.14 bits per heavy atom. The molecule has 0 bridgehead atoms. The Kier molecular flexibility index (Phi) is 7.54. The molecule has 36 heavy (non-hydrogen) atoms. The number of amides is 2. The van der Waals surface area contributed by atoms with Crippen molar-refractivity contribution in [2.75, 3.05) is 51.2 Å². The minimum absolute atomic E-state index is 0.0396. The standard InChI is InChI=1S/C26H36N6O4/c1-29-19(5-8-24(34)31-14-12-30(13-15-31)23-4-2-3-10-27-23)16-28-26(35)25-22(29)9-11-32(25)17-20-6-7-21(18-33)36-20/h2-4,6-7,10,19,22,25,33H,5,8-9,11-18H2,1H3,(H,28,35). The van der Waals surface area contributed by atoms with E-state index < -0.39 is 0 Å². The summed E-state index contributed by atoms with van der Waals surface area (Å²) >= 11 is 0. The molecule has 3 atom stereocenters. The van der Waals surface area contributed by atoms with E-state index in [-0.39, 0.29) is 36.5 Å². The summed E-state index contributed by atoms with van der Waals surface area (Å²) < 4.78 is 5.66. The Bertz CT molecular complexity index is 1040. The number of pyridine rings is 1. The van der Waals surface area contributed by atoms with Crippen molar-refractivity contribution in [3.63, 3.8) is 0 Å². The predicted molar refractivity (Wildman–Crippen MR) is 134 cm³/mol.